The first kappa shape index (κ1) is 15.2. The van der Waals surface area contributed by atoms with Gasteiger partial charge in [-0.2, -0.15) is 5.26 Å². The molecule has 1 aliphatic rings. The Hall–Kier alpha value is -2.72. The zero-order valence-electron chi connectivity index (χ0n) is 12.0. The van der Waals surface area contributed by atoms with E-state index in [2.05, 4.69) is 9.71 Å². The minimum atomic E-state index is -3.92. The number of benzene rings is 1. The molecule has 0 saturated heterocycles. The highest BCUT2D eigenvalue weighted by Gasteiger charge is 2.45. The van der Waals surface area contributed by atoms with Crippen LogP contribution in [0.1, 0.15) is 23.5 Å². The normalized spacial score (nSPS) is 19.6. The molecule has 1 aromatic heterocycles. The number of sulfonamides is 1. The van der Waals surface area contributed by atoms with E-state index in [1.165, 1.54) is 24.3 Å². The summed E-state index contributed by atoms with van der Waals surface area (Å²) in [5.74, 6) is -0.851. The van der Waals surface area contributed by atoms with Gasteiger partial charge < -0.3 is 0 Å². The third kappa shape index (κ3) is 3.22. The highest BCUT2D eigenvalue weighted by atomic mass is 32.2. The van der Waals surface area contributed by atoms with Gasteiger partial charge in [-0.1, -0.05) is 6.07 Å². The van der Waals surface area contributed by atoms with Crippen molar-refractivity contribution in [1.29, 1.82) is 5.26 Å². The van der Waals surface area contributed by atoms with E-state index in [-0.39, 0.29) is 16.7 Å². The lowest BCUT2D eigenvalue weighted by Crippen LogP contribution is -2.32. The van der Waals surface area contributed by atoms with Crippen LogP contribution in [-0.2, 0) is 14.8 Å². The van der Waals surface area contributed by atoms with E-state index in [9.17, 15) is 13.2 Å². The fourth-order valence-corrected chi connectivity index (χ4v) is 3.45. The Kier molecular flexibility index (Phi) is 3.84. The second-order valence-electron chi connectivity index (χ2n) is 5.34. The molecule has 1 aliphatic carbocycles. The molecule has 2 atom stereocenters. The molecule has 1 fully saturated rings. The predicted molar refractivity (Wildman–Crippen MR) is 81.6 cm³/mol. The number of hydrogen-bond acceptors (Lipinski definition) is 5. The number of pyridine rings is 1. The number of amides is 1. The van der Waals surface area contributed by atoms with Crippen LogP contribution in [0.4, 0.5) is 0 Å². The summed E-state index contributed by atoms with van der Waals surface area (Å²) in [7, 11) is -3.92. The monoisotopic (exact) mass is 327 g/mol. The van der Waals surface area contributed by atoms with Crippen molar-refractivity contribution >= 4 is 15.9 Å². The average Bonchev–Trinajstić information content (AvgIpc) is 3.36. The standard InChI is InChI=1S/C16H13N3O3S/c17-9-11-3-5-13(6-4-11)23(21,22)19-16(20)15-8-14(15)12-2-1-7-18-10-12/h1-7,10,14-15H,8H2,(H,19,20)/t14-,15+/m1/s1. The Bertz CT molecular complexity index is 871. The molecule has 1 aromatic carbocycles. The van der Waals surface area contributed by atoms with Crippen LogP contribution in [0.25, 0.3) is 0 Å². The van der Waals surface area contributed by atoms with Crippen molar-refractivity contribution in [2.75, 3.05) is 0 Å². The SMILES string of the molecule is N#Cc1ccc(S(=O)(=O)NC(=O)[C@H]2C[C@@H]2c2cccnc2)cc1. The second-order valence-corrected chi connectivity index (χ2v) is 7.02. The number of nitrogens with one attached hydrogen (secondary N) is 1. The maximum Gasteiger partial charge on any atom is 0.264 e. The molecule has 0 radical (unpaired) electrons. The highest BCUT2D eigenvalue weighted by molar-refractivity contribution is 7.90. The van der Waals surface area contributed by atoms with Gasteiger partial charge in [0.05, 0.1) is 16.5 Å². The second kappa shape index (κ2) is 5.82. The fraction of sp³-hybridized carbons (Fsp3) is 0.188. The van der Waals surface area contributed by atoms with Crippen LogP contribution in [0.3, 0.4) is 0 Å². The van der Waals surface area contributed by atoms with Crippen molar-refractivity contribution < 1.29 is 13.2 Å². The number of carbonyl (C=O) groups is 1. The van der Waals surface area contributed by atoms with Crippen LogP contribution in [0.2, 0.25) is 0 Å². The van der Waals surface area contributed by atoms with Crippen molar-refractivity contribution in [3.05, 3.63) is 59.9 Å². The molecule has 7 heteroatoms. The molecule has 0 spiro atoms. The summed E-state index contributed by atoms with van der Waals surface area (Å²) >= 11 is 0. The quantitative estimate of drug-likeness (QED) is 0.918. The van der Waals surface area contributed by atoms with Gasteiger partial charge in [0.2, 0.25) is 5.91 Å². The maximum atomic E-state index is 12.2. The van der Waals surface area contributed by atoms with Crippen LogP contribution in [0.15, 0.2) is 53.7 Å². The molecule has 1 amide bonds. The first-order valence-electron chi connectivity index (χ1n) is 6.98. The number of nitriles is 1. The van der Waals surface area contributed by atoms with Crippen molar-refractivity contribution in [3.8, 4) is 6.07 Å². The molecule has 1 heterocycles. The van der Waals surface area contributed by atoms with Crippen molar-refractivity contribution in [2.45, 2.75) is 17.2 Å². The molecule has 3 rings (SSSR count). The highest BCUT2D eigenvalue weighted by Crippen LogP contribution is 2.47. The first-order valence-corrected chi connectivity index (χ1v) is 8.46. The van der Waals surface area contributed by atoms with Gasteiger partial charge in [-0.25, -0.2) is 13.1 Å². The van der Waals surface area contributed by atoms with Gasteiger partial charge in [-0.15, -0.1) is 0 Å². The third-order valence-electron chi connectivity index (χ3n) is 3.77. The number of aromatic nitrogens is 1. The van der Waals surface area contributed by atoms with E-state index < -0.39 is 15.9 Å². The zero-order chi connectivity index (χ0) is 16.4. The lowest BCUT2D eigenvalue weighted by Gasteiger charge is -2.07. The summed E-state index contributed by atoms with van der Waals surface area (Å²) in [5, 5.41) is 8.72. The van der Waals surface area contributed by atoms with Gasteiger partial charge in [-0.3, -0.25) is 9.78 Å². The van der Waals surface area contributed by atoms with Crippen molar-refractivity contribution in [1.82, 2.24) is 9.71 Å². The Labute approximate surface area is 133 Å². The molecule has 0 bridgehead atoms. The summed E-state index contributed by atoms with van der Waals surface area (Å²) in [6.45, 7) is 0. The van der Waals surface area contributed by atoms with Gasteiger partial charge in [0, 0.05) is 18.3 Å². The number of carbonyl (C=O) groups excluding carboxylic acids is 1. The molecule has 0 aliphatic heterocycles. The molecule has 1 N–H and O–H groups in total. The lowest BCUT2D eigenvalue weighted by atomic mass is 10.1. The van der Waals surface area contributed by atoms with Gasteiger partial charge in [0.1, 0.15) is 0 Å². The van der Waals surface area contributed by atoms with E-state index >= 15 is 0 Å². The Morgan fingerprint density at radius 2 is 2.00 bits per heavy atom. The molecule has 116 valence electrons. The molecule has 2 aromatic rings. The van der Waals surface area contributed by atoms with Gasteiger partial charge in [0.25, 0.3) is 10.0 Å². The van der Waals surface area contributed by atoms with E-state index in [0.717, 1.165) is 5.56 Å². The molecule has 0 unspecified atom stereocenters. The zero-order valence-corrected chi connectivity index (χ0v) is 12.8. The number of hydrogen-bond donors (Lipinski definition) is 1. The molecular weight excluding hydrogens is 314 g/mol. The van der Waals surface area contributed by atoms with Crippen LogP contribution in [-0.4, -0.2) is 19.3 Å². The summed E-state index contributed by atoms with van der Waals surface area (Å²) in [4.78, 5) is 16.1. The molecule has 1 saturated carbocycles. The van der Waals surface area contributed by atoms with Crippen molar-refractivity contribution in [2.24, 2.45) is 5.92 Å². The van der Waals surface area contributed by atoms with Crippen LogP contribution in [0.5, 0.6) is 0 Å². The topological polar surface area (TPSA) is 99.9 Å². The minimum absolute atomic E-state index is 0.0138. The van der Waals surface area contributed by atoms with Crippen LogP contribution in [0, 0.1) is 17.2 Å². The molecule has 23 heavy (non-hydrogen) atoms. The van der Waals surface area contributed by atoms with E-state index in [0.29, 0.717) is 12.0 Å². The number of nitrogens with zero attached hydrogens (tertiary/aromatic N) is 2. The largest absolute Gasteiger partial charge is 0.274 e. The molecular formula is C16H13N3O3S. The summed E-state index contributed by atoms with van der Waals surface area (Å²) in [6, 6.07) is 11.0. The van der Waals surface area contributed by atoms with Crippen molar-refractivity contribution in [3.63, 3.8) is 0 Å². The molecule has 6 nitrogen and oxygen atoms in total. The summed E-state index contributed by atoms with van der Waals surface area (Å²) in [5.41, 5.74) is 1.29. The summed E-state index contributed by atoms with van der Waals surface area (Å²) < 4.78 is 26.5. The third-order valence-corrected chi connectivity index (χ3v) is 5.13. The van der Waals surface area contributed by atoms with Crippen LogP contribution < -0.4 is 4.72 Å². The maximum absolute atomic E-state index is 12.2. The number of rotatable bonds is 4. The van der Waals surface area contributed by atoms with Crippen LogP contribution >= 0.6 is 0 Å². The Morgan fingerprint density at radius 1 is 1.26 bits per heavy atom. The lowest BCUT2D eigenvalue weighted by molar-refractivity contribution is -0.120. The van der Waals surface area contributed by atoms with Gasteiger partial charge in [-0.05, 0) is 48.2 Å². The summed E-state index contributed by atoms with van der Waals surface area (Å²) in [6.07, 6.45) is 3.95. The fourth-order valence-electron chi connectivity index (χ4n) is 2.42. The van der Waals surface area contributed by atoms with Gasteiger partial charge in [0.15, 0.2) is 0 Å². The van der Waals surface area contributed by atoms with Gasteiger partial charge >= 0.3 is 0 Å². The first-order chi connectivity index (χ1) is 11.0. The average molecular weight is 327 g/mol. The Morgan fingerprint density at radius 3 is 2.61 bits per heavy atom. The smallest absolute Gasteiger partial charge is 0.264 e. The van der Waals surface area contributed by atoms with E-state index in [1.807, 2.05) is 12.1 Å². The predicted octanol–water partition coefficient (Wildman–Crippen LogP) is 1.56. The Balaban J connectivity index is 1.69. The minimum Gasteiger partial charge on any atom is -0.274 e. The van der Waals surface area contributed by atoms with E-state index in [4.69, 9.17) is 5.26 Å². The van der Waals surface area contributed by atoms with E-state index in [1.54, 1.807) is 18.5 Å².